The molecule has 1 N–H and O–H groups in total. The maximum Gasteiger partial charge on any atom is 0.337 e. The van der Waals surface area contributed by atoms with E-state index in [0.29, 0.717) is 18.7 Å². The lowest BCUT2D eigenvalue weighted by atomic mass is 10.2. The van der Waals surface area contributed by atoms with E-state index in [4.69, 9.17) is 5.11 Å². The minimum Gasteiger partial charge on any atom is -0.478 e. The van der Waals surface area contributed by atoms with E-state index in [1.54, 1.807) is 4.90 Å². The molecule has 86 valence electrons. The maximum absolute atomic E-state index is 11.9. The first-order valence-corrected chi connectivity index (χ1v) is 5.07. The summed E-state index contributed by atoms with van der Waals surface area (Å²) in [5, 5.41) is 8.78. The Bertz CT molecular complexity index is 400. The molecule has 0 spiro atoms. The number of carbonyl (C=O) groups excluding carboxylic acids is 1. The van der Waals surface area contributed by atoms with E-state index >= 15 is 0 Å². The number of hydrogen-bond donors (Lipinski definition) is 1. The lowest BCUT2D eigenvalue weighted by molar-refractivity contribution is 0.0696. The summed E-state index contributed by atoms with van der Waals surface area (Å²) < 4.78 is 0. The molecule has 0 aromatic carbocycles. The molecule has 1 aromatic rings. The van der Waals surface area contributed by atoms with Gasteiger partial charge in [0.1, 0.15) is 0 Å². The quantitative estimate of drug-likeness (QED) is 0.832. The SMILES string of the molecule is CCN(CC)C(=O)c1cncc(C(=O)O)c1. The van der Waals surface area contributed by atoms with Crippen molar-refractivity contribution in [2.75, 3.05) is 13.1 Å². The van der Waals surface area contributed by atoms with E-state index in [-0.39, 0.29) is 11.5 Å². The first kappa shape index (κ1) is 12.2. The maximum atomic E-state index is 11.9. The Hall–Kier alpha value is -1.91. The predicted octanol–water partition coefficient (Wildman–Crippen LogP) is 1.26. The third kappa shape index (κ3) is 2.56. The van der Waals surface area contributed by atoms with Crippen LogP contribution in [0.2, 0.25) is 0 Å². The first-order chi connectivity index (χ1) is 7.60. The van der Waals surface area contributed by atoms with E-state index in [0.717, 1.165) is 0 Å². The standard InChI is InChI=1S/C11H14N2O3/c1-3-13(4-2)10(14)8-5-9(11(15)16)7-12-6-8/h5-7H,3-4H2,1-2H3,(H,15,16). The lowest BCUT2D eigenvalue weighted by Crippen LogP contribution is -2.30. The predicted molar refractivity (Wildman–Crippen MR) is 58.4 cm³/mol. The molecule has 1 amide bonds. The molecule has 0 radical (unpaired) electrons. The van der Waals surface area contributed by atoms with Crippen LogP contribution in [-0.4, -0.2) is 40.0 Å². The molecule has 5 nitrogen and oxygen atoms in total. The van der Waals surface area contributed by atoms with Gasteiger partial charge in [0.25, 0.3) is 5.91 Å². The molecule has 0 saturated carbocycles. The zero-order valence-corrected chi connectivity index (χ0v) is 9.30. The lowest BCUT2D eigenvalue weighted by Gasteiger charge is -2.18. The smallest absolute Gasteiger partial charge is 0.337 e. The molecular formula is C11H14N2O3. The van der Waals surface area contributed by atoms with E-state index < -0.39 is 5.97 Å². The number of carbonyl (C=O) groups is 2. The largest absolute Gasteiger partial charge is 0.478 e. The van der Waals surface area contributed by atoms with E-state index in [9.17, 15) is 9.59 Å². The molecule has 5 heteroatoms. The summed E-state index contributed by atoms with van der Waals surface area (Å²) in [6.07, 6.45) is 2.61. The number of aromatic nitrogens is 1. The van der Waals surface area contributed by atoms with Gasteiger partial charge in [-0.15, -0.1) is 0 Å². The number of rotatable bonds is 4. The topological polar surface area (TPSA) is 70.5 Å². The van der Waals surface area contributed by atoms with Crippen molar-refractivity contribution in [3.8, 4) is 0 Å². The van der Waals surface area contributed by atoms with Crippen molar-refractivity contribution in [3.63, 3.8) is 0 Å². The summed E-state index contributed by atoms with van der Waals surface area (Å²) in [4.78, 5) is 28.0. The van der Waals surface area contributed by atoms with Crippen LogP contribution in [0.25, 0.3) is 0 Å². The van der Waals surface area contributed by atoms with Crippen LogP contribution >= 0.6 is 0 Å². The van der Waals surface area contributed by atoms with Crippen LogP contribution < -0.4 is 0 Å². The second-order valence-corrected chi connectivity index (χ2v) is 3.24. The summed E-state index contributed by atoms with van der Waals surface area (Å²) >= 11 is 0. The average molecular weight is 222 g/mol. The molecule has 0 unspecified atom stereocenters. The highest BCUT2D eigenvalue weighted by Crippen LogP contribution is 2.06. The highest BCUT2D eigenvalue weighted by atomic mass is 16.4. The summed E-state index contributed by atoms with van der Waals surface area (Å²) in [6.45, 7) is 4.92. The molecule has 0 atom stereocenters. The van der Waals surface area contributed by atoms with Crippen molar-refractivity contribution in [2.24, 2.45) is 0 Å². The molecule has 0 fully saturated rings. The van der Waals surface area contributed by atoms with E-state index in [1.807, 2.05) is 13.8 Å². The molecule has 0 bridgehead atoms. The highest BCUT2D eigenvalue weighted by Gasteiger charge is 2.14. The van der Waals surface area contributed by atoms with Crippen molar-refractivity contribution in [2.45, 2.75) is 13.8 Å². The van der Waals surface area contributed by atoms with Gasteiger partial charge in [-0.05, 0) is 19.9 Å². The van der Waals surface area contributed by atoms with Crippen LogP contribution in [0.15, 0.2) is 18.5 Å². The Balaban J connectivity index is 3.00. The fraction of sp³-hybridized carbons (Fsp3) is 0.364. The number of aromatic carboxylic acids is 1. The van der Waals surface area contributed by atoms with Crippen LogP contribution in [-0.2, 0) is 0 Å². The zero-order chi connectivity index (χ0) is 12.1. The Morgan fingerprint density at radius 2 is 1.81 bits per heavy atom. The minimum atomic E-state index is -1.08. The van der Waals surface area contributed by atoms with Gasteiger partial charge in [-0.2, -0.15) is 0 Å². The monoisotopic (exact) mass is 222 g/mol. The molecule has 0 saturated heterocycles. The van der Waals surface area contributed by atoms with Crippen molar-refractivity contribution in [1.82, 2.24) is 9.88 Å². The molecule has 1 heterocycles. The van der Waals surface area contributed by atoms with Crippen LogP contribution in [0.1, 0.15) is 34.6 Å². The van der Waals surface area contributed by atoms with Gasteiger partial charge in [-0.3, -0.25) is 9.78 Å². The van der Waals surface area contributed by atoms with Gasteiger partial charge in [0.15, 0.2) is 0 Å². The van der Waals surface area contributed by atoms with Gasteiger partial charge in [0, 0.05) is 25.5 Å². The van der Waals surface area contributed by atoms with Crippen LogP contribution in [0.3, 0.4) is 0 Å². The van der Waals surface area contributed by atoms with E-state index in [1.165, 1.54) is 18.5 Å². The van der Waals surface area contributed by atoms with Crippen molar-refractivity contribution < 1.29 is 14.7 Å². The van der Waals surface area contributed by atoms with Crippen molar-refractivity contribution in [3.05, 3.63) is 29.6 Å². The Morgan fingerprint density at radius 3 is 2.31 bits per heavy atom. The second-order valence-electron chi connectivity index (χ2n) is 3.24. The molecule has 1 rings (SSSR count). The van der Waals surface area contributed by atoms with E-state index in [2.05, 4.69) is 4.98 Å². The number of amides is 1. The van der Waals surface area contributed by atoms with Crippen LogP contribution in [0, 0.1) is 0 Å². The van der Waals surface area contributed by atoms with Crippen LogP contribution in [0.5, 0.6) is 0 Å². The van der Waals surface area contributed by atoms with Gasteiger partial charge in [0.05, 0.1) is 11.1 Å². The summed E-state index contributed by atoms with van der Waals surface area (Å²) in [5.41, 5.74) is 0.335. The summed E-state index contributed by atoms with van der Waals surface area (Å²) in [5.74, 6) is -1.28. The number of pyridine rings is 1. The first-order valence-electron chi connectivity index (χ1n) is 5.07. The zero-order valence-electron chi connectivity index (χ0n) is 9.30. The molecule has 16 heavy (non-hydrogen) atoms. The minimum absolute atomic E-state index is 0.0259. The fourth-order valence-electron chi connectivity index (χ4n) is 1.37. The number of hydrogen-bond acceptors (Lipinski definition) is 3. The van der Waals surface area contributed by atoms with Gasteiger partial charge in [-0.1, -0.05) is 0 Å². The average Bonchev–Trinajstić information content (AvgIpc) is 2.30. The Labute approximate surface area is 93.7 Å². The van der Waals surface area contributed by atoms with Crippen molar-refractivity contribution >= 4 is 11.9 Å². The third-order valence-corrected chi connectivity index (χ3v) is 2.28. The van der Waals surface area contributed by atoms with Gasteiger partial charge in [0.2, 0.25) is 0 Å². The highest BCUT2D eigenvalue weighted by molar-refractivity contribution is 5.96. The van der Waals surface area contributed by atoms with Gasteiger partial charge in [-0.25, -0.2) is 4.79 Å². The number of carboxylic acids is 1. The third-order valence-electron chi connectivity index (χ3n) is 2.28. The molecule has 1 aromatic heterocycles. The summed E-state index contributed by atoms with van der Waals surface area (Å²) in [6, 6.07) is 1.34. The van der Waals surface area contributed by atoms with Gasteiger partial charge >= 0.3 is 5.97 Å². The number of nitrogens with zero attached hydrogens (tertiary/aromatic N) is 2. The molecule has 0 aliphatic heterocycles. The normalized spacial score (nSPS) is 9.88. The number of carboxylic acid groups (broad SMARTS) is 1. The Morgan fingerprint density at radius 1 is 1.25 bits per heavy atom. The van der Waals surface area contributed by atoms with Gasteiger partial charge < -0.3 is 10.0 Å². The van der Waals surface area contributed by atoms with Crippen LogP contribution in [0.4, 0.5) is 0 Å². The molecular weight excluding hydrogens is 208 g/mol. The Kier molecular flexibility index (Phi) is 3.99. The second kappa shape index (κ2) is 5.25. The fourth-order valence-corrected chi connectivity index (χ4v) is 1.37. The molecule has 0 aliphatic carbocycles. The van der Waals surface area contributed by atoms with Crippen molar-refractivity contribution in [1.29, 1.82) is 0 Å². The molecule has 0 aliphatic rings. The summed E-state index contributed by atoms with van der Waals surface area (Å²) in [7, 11) is 0.